The van der Waals surface area contributed by atoms with E-state index in [1.54, 1.807) is 6.07 Å². The normalized spacial score (nSPS) is 18.4. The van der Waals surface area contributed by atoms with Crippen LogP contribution in [-0.2, 0) is 4.74 Å². The van der Waals surface area contributed by atoms with Crippen molar-refractivity contribution in [2.45, 2.75) is 18.9 Å². The van der Waals surface area contributed by atoms with Crippen LogP contribution in [-0.4, -0.2) is 30.1 Å². The number of hydrogen-bond acceptors (Lipinski definition) is 3. The number of carbonyl (C=O) groups is 1. The Labute approximate surface area is 122 Å². The second kappa shape index (κ2) is 5.77. The van der Waals surface area contributed by atoms with Crippen LogP contribution in [0.5, 0.6) is 0 Å². The fourth-order valence-corrected chi connectivity index (χ4v) is 2.59. The third kappa shape index (κ3) is 2.76. The number of carbonyl (C=O) groups excluding carboxylic acids is 1. The molecule has 1 fully saturated rings. The molecule has 5 heteroatoms. The number of halogens is 1. The quantitative estimate of drug-likeness (QED) is 0.946. The molecule has 20 heavy (non-hydrogen) atoms. The number of amides is 1. The van der Waals surface area contributed by atoms with Crippen LogP contribution in [0.15, 0.2) is 30.3 Å². The Hall–Kier alpha value is -1.65. The van der Waals surface area contributed by atoms with Gasteiger partial charge in [0.25, 0.3) is 5.91 Å². The van der Waals surface area contributed by atoms with E-state index in [0.717, 1.165) is 30.4 Å². The Morgan fingerprint density at radius 2 is 2.30 bits per heavy atom. The molecule has 0 bridgehead atoms. The van der Waals surface area contributed by atoms with Crippen molar-refractivity contribution in [3.63, 3.8) is 0 Å². The maximum absolute atomic E-state index is 12.2. The van der Waals surface area contributed by atoms with Crippen molar-refractivity contribution in [2.24, 2.45) is 0 Å². The first-order chi connectivity index (χ1) is 9.74. The van der Waals surface area contributed by atoms with Gasteiger partial charge in [0.05, 0.1) is 16.6 Å². The molecular weight excluding hydrogens is 276 g/mol. The van der Waals surface area contributed by atoms with Gasteiger partial charge in [-0.05, 0) is 25.0 Å². The number of fused-ring (bicyclic) bond motifs is 1. The Balaban J connectivity index is 1.77. The molecule has 1 aliphatic heterocycles. The largest absolute Gasteiger partial charge is 0.376 e. The van der Waals surface area contributed by atoms with E-state index in [1.165, 1.54) is 0 Å². The zero-order valence-corrected chi connectivity index (χ0v) is 11.7. The number of nitrogens with zero attached hydrogens (tertiary/aromatic N) is 1. The number of aromatic nitrogens is 1. The van der Waals surface area contributed by atoms with Crippen LogP contribution >= 0.6 is 11.6 Å². The Morgan fingerprint density at radius 1 is 1.45 bits per heavy atom. The summed E-state index contributed by atoms with van der Waals surface area (Å²) in [6.07, 6.45) is 2.15. The van der Waals surface area contributed by atoms with Crippen molar-refractivity contribution in [1.29, 1.82) is 0 Å². The molecule has 1 aromatic carbocycles. The fourth-order valence-electron chi connectivity index (χ4n) is 2.34. The molecule has 1 unspecified atom stereocenters. The van der Waals surface area contributed by atoms with Gasteiger partial charge in [0.15, 0.2) is 0 Å². The first kappa shape index (κ1) is 13.3. The van der Waals surface area contributed by atoms with Gasteiger partial charge in [0.1, 0.15) is 5.69 Å². The van der Waals surface area contributed by atoms with Crippen molar-refractivity contribution in [2.75, 3.05) is 13.2 Å². The SMILES string of the molecule is O=C(NCC1CCCO1)c1nc2ccccc2cc1Cl. The highest BCUT2D eigenvalue weighted by atomic mass is 35.5. The lowest BCUT2D eigenvalue weighted by Crippen LogP contribution is -2.32. The summed E-state index contributed by atoms with van der Waals surface area (Å²) in [5, 5.41) is 4.13. The van der Waals surface area contributed by atoms with Gasteiger partial charge in [-0.1, -0.05) is 29.8 Å². The van der Waals surface area contributed by atoms with Gasteiger partial charge in [0.2, 0.25) is 0 Å². The van der Waals surface area contributed by atoms with Gasteiger partial charge >= 0.3 is 0 Å². The molecule has 0 aliphatic carbocycles. The molecule has 1 aliphatic rings. The molecule has 3 rings (SSSR count). The van der Waals surface area contributed by atoms with Crippen LogP contribution in [0.1, 0.15) is 23.3 Å². The van der Waals surface area contributed by atoms with Crippen LogP contribution in [0.25, 0.3) is 10.9 Å². The highest BCUT2D eigenvalue weighted by Crippen LogP contribution is 2.21. The second-order valence-corrected chi connectivity index (χ2v) is 5.26. The van der Waals surface area contributed by atoms with E-state index in [-0.39, 0.29) is 17.7 Å². The Bertz CT molecular complexity index is 639. The van der Waals surface area contributed by atoms with Gasteiger partial charge in [-0.2, -0.15) is 0 Å². The van der Waals surface area contributed by atoms with Crippen molar-refractivity contribution < 1.29 is 9.53 Å². The molecule has 1 amide bonds. The molecule has 1 saturated heterocycles. The molecule has 1 atom stereocenters. The first-order valence-corrected chi connectivity index (χ1v) is 7.07. The number of rotatable bonds is 3. The zero-order chi connectivity index (χ0) is 13.9. The summed E-state index contributed by atoms with van der Waals surface area (Å²) in [4.78, 5) is 16.5. The highest BCUT2D eigenvalue weighted by molar-refractivity contribution is 6.34. The van der Waals surface area contributed by atoms with Crippen molar-refractivity contribution in [1.82, 2.24) is 10.3 Å². The lowest BCUT2D eigenvalue weighted by molar-refractivity contribution is 0.0854. The van der Waals surface area contributed by atoms with Gasteiger partial charge < -0.3 is 10.1 Å². The van der Waals surface area contributed by atoms with E-state index in [1.807, 2.05) is 24.3 Å². The summed E-state index contributed by atoms with van der Waals surface area (Å²) in [5.41, 5.74) is 1.03. The summed E-state index contributed by atoms with van der Waals surface area (Å²) < 4.78 is 5.47. The first-order valence-electron chi connectivity index (χ1n) is 6.69. The average Bonchev–Trinajstić information content (AvgIpc) is 2.97. The molecule has 0 radical (unpaired) electrons. The maximum atomic E-state index is 12.2. The summed E-state index contributed by atoms with van der Waals surface area (Å²) in [6, 6.07) is 9.35. The molecular formula is C15H15ClN2O2. The molecule has 1 aromatic heterocycles. The number of pyridine rings is 1. The number of benzene rings is 1. The van der Waals surface area contributed by atoms with E-state index in [4.69, 9.17) is 16.3 Å². The maximum Gasteiger partial charge on any atom is 0.271 e. The van der Waals surface area contributed by atoms with E-state index in [0.29, 0.717) is 11.6 Å². The topological polar surface area (TPSA) is 51.2 Å². The predicted molar refractivity (Wildman–Crippen MR) is 78.1 cm³/mol. The summed E-state index contributed by atoms with van der Waals surface area (Å²) >= 11 is 6.14. The lowest BCUT2D eigenvalue weighted by Gasteiger charge is -2.11. The van der Waals surface area contributed by atoms with E-state index in [2.05, 4.69) is 10.3 Å². The molecule has 4 nitrogen and oxygen atoms in total. The zero-order valence-electron chi connectivity index (χ0n) is 10.9. The summed E-state index contributed by atoms with van der Waals surface area (Å²) in [7, 11) is 0. The number of para-hydroxylation sites is 1. The minimum atomic E-state index is -0.253. The third-order valence-corrected chi connectivity index (χ3v) is 3.69. The minimum Gasteiger partial charge on any atom is -0.376 e. The molecule has 0 saturated carbocycles. The number of ether oxygens (including phenoxy) is 1. The van der Waals surface area contributed by atoms with Crippen molar-refractivity contribution >= 4 is 28.4 Å². The van der Waals surface area contributed by atoms with Crippen LogP contribution in [0.3, 0.4) is 0 Å². The third-order valence-electron chi connectivity index (χ3n) is 3.41. The lowest BCUT2D eigenvalue weighted by atomic mass is 10.2. The smallest absolute Gasteiger partial charge is 0.271 e. The predicted octanol–water partition coefficient (Wildman–Crippen LogP) is 2.80. The van der Waals surface area contributed by atoms with E-state index in [9.17, 15) is 4.79 Å². The molecule has 1 N–H and O–H groups in total. The van der Waals surface area contributed by atoms with Gasteiger partial charge in [-0.15, -0.1) is 0 Å². The van der Waals surface area contributed by atoms with Gasteiger partial charge in [-0.3, -0.25) is 4.79 Å². The van der Waals surface area contributed by atoms with Crippen LogP contribution < -0.4 is 5.32 Å². The van der Waals surface area contributed by atoms with Crippen molar-refractivity contribution in [3.8, 4) is 0 Å². The van der Waals surface area contributed by atoms with Gasteiger partial charge in [-0.25, -0.2) is 4.98 Å². The molecule has 104 valence electrons. The van der Waals surface area contributed by atoms with Crippen LogP contribution in [0, 0.1) is 0 Å². The molecule has 2 aromatic rings. The van der Waals surface area contributed by atoms with E-state index < -0.39 is 0 Å². The van der Waals surface area contributed by atoms with Crippen molar-refractivity contribution in [3.05, 3.63) is 41.0 Å². The Kier molecular flexibility index (Phi) is 3.85. The Morgan fingerprint density at radius 3 is 3.10 bits per heavy atom. The number of nitrogens with one attached hydrogen (secondary N) is 1. The van der Waals surface area contributed by atoms with Crippen LogP contribution in [0.4, 0.5) is 0 Å². The second-order valence-electron chi connectivity index (χ2n) is 4.86. The molecule has 0 spiro atoms. The number of hydrogen-bond donors (Lipinski definition) is 1. The van der Waals surface area contributed by atoms with Gasteiger partial charge in [0, 0.05) is 18.5 Å². The monoisotopic (exact) mass is 290 g/mol. The molecule has 2 heterocycles. The van der Waals surface area contributed by atoms with Crippen LogP contribution in [0.2, 0.25) is 5.02 Å². The standard InChI is InChI=1S/C15H15ClN2O2/c16-12-8-10-4-1-2-6-13(10)18-14(12)15(19)17-9-11-5-3-7-20-11/h1-2,4,6,8,11H,3,5,7,9H2,(H,17,19). The fraction of sp³-hybridized carbons (Fsp3) is 0.333. The highest BCUT2D eigenvalue weighted by Gasteiger charge is 2.18. The van der Waals surface area contributed by atoms with E-state index >= 15 is 0 Å². The minimum absolute atomic E-state index is 0.109. The average molecular weight is 291 g/mol. The summed E-state index contributed by atoms with van der Waals surface area (Å²) in [5.74, 6) is -0.253. The summed E-state index contributed by atoms with van der Waals surface area (Å²) in [6.45, 7) is 1.28.